The number of rotatable bonds is 5. The minimum absolute atomic E-state index is 0.256. The number of benzene rings is 2. The Hall–Kier alpha value is -2.10. The van der Waals surface area contributed by atoms with Crippen LogP contribution in [-0.2, 0) is 27.5 Å². The largest absolute Gasteiger partial charge is 0.493 e. The molecule has 1 aliphatic rings. The van der Waals surface area contributed by atoms with Crippen LogP contribution < -0.4 is 4.74 Å². The van der Waals surface area contributed by atoms with Crippen molar-refractivity contribution in [2.45, 2.75) is 29.8 Å². The molecule has 3 rings (SSSR count). The van der Waals surface area contributed by atoms with Crippen LogP contribution in [0.15, 0.2) is 41.3 Å². The minimum atomic E-state index is -4.45. The molecular formula is C19H19F3O5S. The van der Waals surface area contributed by atoms with Gasteiger partial charge >= 0.3 is 6.18 Å². The van der Waals surface area contributed by atoms with Crippen molar-refractivity contribution in [3.8, 4) is 5.75 Å². The van der Waals surface area contributed by atoms with Crippen molar-refractivity contribution in [3.63, 3.8) is 0 Å². The van der Waals surface area contributed by atoms with Crippen LogP contribution in [0.4, 0.5) is 13.2 Å². The molecule has 1 unspecified atom stereocenters. The molecule has 0 aliphatic carbocycles. The lowest BCUT2D eigenvalue weighted by Crippen LogP contribution is -2.18. The number of methoxy groups -OCH3 is 1. The molecule has 9 heteroatoms. The molecule has 2 aromatic rings. The first-order chi connectivity index (χ1) is 13.1. The quantitative estimate of drug-likeness (QED) is 0.745. The molecule has 0 amide bonds. The molecule has 0 radical (unpaired) electrons. The number of ether oxygens (including phenoxy) is 2. The van der Waals surface area contributed by atoms with Gasteiger partial charge in [-0.15, -0.1) is 0 Å². The second kappa shape index (κ2) is 7.73. The van der Waals surface area contributed by atoms with Gasteiger partial charge in [-0.25, -0.2) is 0 Å². The van der Waals surface area contributed by atoms with Gasteiger partial charge in [0.2, 0.25) is 0 Å². The third-order valence-electron chi connectivity index (χ3n) is 4.74. The molecule has 1 aliphatic heterocycles. The summed E-state index contributed by atoms with van der Waals surface area (Å²) in [7, 11) is -2.90. The summed E-state index contributed by atoms with van der Waals surface area (Å²) in [6, 6.07) is 7.66. The number of hydrogen-bond acceptors (Lipinski definition) is 4. The number of alkyl halides is 3. The summed E-state index contributed by atoms with van der Waals surface area (Å²) in [6.45, 7) is 0.545. The summed E-state index contributed by atoms with van der Waals surface area (Å²) >= 11 is 0. The predicted molar refractivity (Wildman–Crippen MR) is 95.2 cm³/mol. The Morgan fingerprint density at radius 3 is 2.54 bits per heavy atom. The SMILES string of the molecule is COCCc1cc(C(F)(F)F)ccc1C1CCOc2cc(S(=O)(=O)O)ccc21. The molecule has 1 N–H and O–H groups in total. The zero-order valence-electron chi connectivity index (χ0n) is 15.0. The minimum Gasteiger partial charge on any atom is -0.493 e. The van der Waals surface area contributed by atoms with E-state index in [4.69, 9.17) is 9.47 Å². The molecule has 0 saturated heterocycles. The fourth-order valence-electron chi connectivity index (χ4n) is 3.40. The van der Waals surface area contributed by atoms with Crippen LogP contribution in [-0.4, -0.2) is 33.3 Å². The van der Waals surface area contributed by atoms with Gasteiger partial charge < -0.3 is 9.47 Å². The molecule has 1 atom stereocenters. The van der Waals surface area contributed by atoms with Gasteiger partial charge in [-0.05, 0) is 42.2 Å². The topological polar surface area (TPSA) is 72.8 Å². The average Bonchev–Trinajstić information content (AvgIpc) is 2.63. The van der Waals surface area contributed by atoms with E-state index in [0.29, 0.717) is 35.3 Å². The first-order valence-corrected chi connectivity index (χ1v) is 9.98. The van der Waals surface area contributed by atoms with Gasteiger partial charge in [-0.2, -0.15) is 21.6 Å². The summed E-state index contributed by atoms with van der Waals surface area (Å²) in [4.78, 5) is -0.293. The predicted octanol–water partition coefficient (Wildman–Crippen LogP) is 4.06. The lowest BCUT2D eigenvalue weighted by Gasteiger charge is -2.28. The van der Waals surface area contributed by atoms with E-state index in [1.807, 2.05) is 0 Å². The summed E-state index contributed by atoms with van der Waals surface area (Å²) < 4.78 is 81.9. The smallest absolute Gasteiger partial charge is 0.416 e. The molecule has 0 spiro atoms. The Morgan fingerprint density at radius 2 is 1.89 bits per heavy atom. The second-order valence-electron chi connectivity index (χ2n) is 6.52. The van der Waals surface area contributed by atoms with Gasteiger partial charge in [0.25, 0.3) is 10.1 Å². The average molecular weight is 416 g/mol. The fourth-order valence-corrected chi connectivity index (χ4v) is 3.90. The van der Waals surface area contributed by atoms with Crippen LogP contribution in [0.25, 0.3) is 0 Å². The second-order valence-corrected chi connectivity index (χ2v) is 7.94. The van der Waals surface area contributed by atoms with Crippen LogP contribution in [0.3, 0.4) is 0 Å². The van der Waals surface area contributed by atoms with Gasteiger partial charge in [0, 0.05) is 24.7 Å². The van der Waals surface area contributed by atoms with Crippen molar-refractivity contribution in [1.29, 1.82) is 0 Å². The van der Waals surface area contributed by atoms with Crippen molar-refractivity contribution < 1.29 is 35.6 Å². The fraction of sp³-hybridized carbons (Fsp3) is 0.368. The molecule has 1 heterocycles. The molecule has 28 heavy (non-hydrogen) atoms. The highest BCUT2D eigenvalue weighted by atomic mass is 32.2. The molecule has 152 valence electrons. The van der Waals surface area contributed by atoms with Gasteiger partial charge in [-0.1, -0.05) is 12.1 Å². The molecule has 0 bridgehead atoms. The Balaban J connectivity index is 2.07. The van der Waals surface area contributed by atoms with Crippen molar-refractivity contribution in [2.75, 3.05) is 20.3 Å². The first-order valence-electron chi connectivity index (χ1n) is 8.54. The standard InChI is InChI=1S/C19H19F3O5S/c1-26-8-6-12-10-13(19(20,21)22)2-4-15(12)16-7-9-27-18-11-14(28(23,24)25)3-5-17(16)18/h2-5,10-11,16H,6-9H2,1H3,(H,23,24,25). The summed E-state index contributed by atoms with van der Waals surface area (Å²) in [6.07, 6.45) is -3.60. The number of fused-ring (bicyclic) bond motifs is 1. The molecule has 5 nitrogen and oxygen atoms in total. The third-order valence-corrected chi connectivity index (χ3v) is 5.59. The Labute approximate surface area is 160 Å². The summed E-state index contributed by atoms with van der Waals surface area (Å²) in [5, 5.41) is 0. The van der Waals surface area contributed by atoms with Crippen LogP contribution in [0, 0.1) is 0 Å². The van der Waals surface area contributed by atoms with Crippen molar-refractivity contribution in [1.82, 2.24) is 0 Å². The van der Waals surface area contributed by atoms with E-state index >= 15 is 0 Å². The van der Waals surface area contributed by atoms with Crippen molar-refractivity contribution in [3.05, 3.63) is 58.7 Å². The highest BCUT2D eigenvalue weighted by Gasteiger charge is 2.32. The number of hydrogen-bond donors (Lipinski definition) is 1. The third kappa shape index (κ3) is 4.31. The lowest BCUT2D eigenvalue weighted by atomic mass is 9.83. The summed E-state index contributed by atoms with van der Waals surface area (Å²) in [5.41, 5.74) is 1.18. The van der Waals surface area contributed by atoms with E-state index in [9.17, 15) is 26.1 Å². The van der Waals surface area contributed by atoms with Crippen LogP contribution in [0.5, 0.6) is 5.75 Å². The Morgan fingerprint density at radius 1 is 1.18 bits per heavy atom. The monoisotopic (exact) mass is 416 g/mol. The van der Waals surface area contributed by atoms with Gasteiger partial charge in [0.1, 0.15) is 5.75 Å². The van der Waals surface area contributed by atoms with Gasteiger partial charge in [-0.3, -0.25) is 4.55 Å². The van der Waals surface area contributed by atoms with Gasteiger partial charge in [0.05, 0.1) is 23.7 Å². The molecule has 0 saturated carbocycles. The first kappa shape index (κ1) is 20.6. The van der Waals surface area contributed by atoms with Crippen LogP contribution in [0.2, 0.25) is 0 Å². The maximum absolute atomic E-state index is 13.1. The zero-order valence-corrected chi connectivity index (χ0v) is 15.8. The molecule has 2 aromatic carbocycles. The number of halogens is 3. The van der Waals surface area contributed by atoms with E-state index in [0.717, 1.165) is 12.1 Å². The van der Waals surface area contributed by atoms with Crippen LogP contribution >= 0.6 is 0 Å². The van der Waals surface area contributed by atoms with E-state index in [1.54, 1.807) is 0 Å². The van der Waals surface area contributed by atoms with Crippen molar-refractivity contribution >= 4 is 10.1 Å². The Bertz CT molecular complexity index is 970. The Kier molecular flexibility index (Phi) is 5.69. The van der Waals surface area contributed by atoms with E-state index in [2.05, 4.69) is 0 Å². The molecule has 0 aromatic heterocycles. The highest BCUT2D eigenvalue weighted by Crippen LogP contribution is 2.41. The highest BCUT2D eigenvalue weighted by molar-refractivity contribution is 7.85. The van der Waals surface area contributed by atoms with E-state index in [1.165, 1.54) is 31.4 Å². The van der Waals surface area contributed by atoms with Gasteiger partial charge in [0.15, 0.2) is 0 Å². The molecular weight excluding hydrogens is 397 g/mol. The van der Waals surface area contributed by atoms with E-state index < -0.39 is 21.9 Å². The zero-order chi connectivity index (χ0) is 20.5. The van der Waals surface area contributed by atoms with Crippen LogP contribution in [0.1, 0.15) is 34.6 Å². The lowest BCUT2D eigenvalue weighted by molar-refractivity contribution is -0.137. The maximum atomic E-state index is 13.1. The molecule has 0 fully saturated rings. The summed E-state index contributed by atoms with van der Waals surface area (Å²) in [5.74, 6) is 0.0392. The normalized spacial score (nSPS) is 17.1. The van der Waals surface area contributed by atoms with Crippen molar-refractivity contribution in [2.24, 2.45) is 0 Å². The maximum Gasteiger partial charge on any atom is 0.416 e. The van der Waals surface area contributed by atoms with E-state index in [-0.39, 0.29) is 24.0 Å².